The average molecular weight is 310 g/mol. The molecular formula is C15H19FN2O2S. The van der Waals surface area contributed by atoms with E-state index in [9.17, 15) is 9.18 Å². The lowest BCUT2D eigenvalue weighted by Crippen LogP contribution is -2.29. The van der Waals surface area contributed by atoms with Crippen molar-refractivity contribution in [3.63, 3.8) is 0 Å². The molecule has 0 saturated carbocycles. The van der Waals surface area contributed by atoms with E-state index in [1.807, 2.05) is 4.57 Å². The van der Waals surface area contributed by atoms with E-state index >= 15 is 0 Å². The quantitative estimate of drug-likeness (QED) is 0.823. The summed E-state index contributed by atoms with van der Waals surface area (Å²) in [5.41, 5.74) is 1.19. The number of rotatable bonds is 6. The number of carboxylic acid groups (broad SMARTS) is 1. The standard InChI is InChI=1S/C15H19FN2O2S/c1-4-15(3,5-2)18-12-8-10(16)6-7-11(12)17-14(18)21-9-13(19)20/h6-8H,4-5,9H2,1-3H3,(H,19,20). The van der Waals surface area contributed by atoms with Crippen LogP contribution < -0.4 is 0 Å². The second-order valence-corrected chi connectivity index (χ2v) is 6.19. The molecular weight excluding hydrogens is 291 g/mol. The first kappa shape index (κ1) is 15.8. The van der Waals surface area contributed by atoms with Crippen molar-refractivity contribution in [3.8, 4) is 0 Å². The summed E-state index contributed by atoms with van der Waals surface area (Å²) in [4.78, 5) is 15.3. The predicted octanol–water partition coefficient (Wildman–Crippen LogP) is 3.89. The number of carbonyl (C=O) groups is 1. The second kappa shape index (κ2) is 6.05. The third kappa shape index (κ3) is 3.05. The van der Waals surface area contributed by atoms with Crippen LogP contribution in [-0.2, 0) is 10.3 Å². The van der Waals surface area contributed by atoms with Crippen molar-refractivity contribution in [2.24, 2.45) is 0 Å². The fourth-order valence-corrected chi connectivity index (χ4v) is 3.20. The largest absolute Gasteiger partial charge is 0.481 e. The lowest BCUT2D eigenvalue weighted by Gasteiger charge is -2.31. The number of hydrogen-bond donors (Lipinski definition) is 1. The van der Waals surface area contributed by atoms with Crippen molar-refractivity contribution in [3.05, 3.63) is 24.0 Å². The monoisotopic (exact) mass is 310 g/mol. The molecule has 114 valence electrons. The molecule has 0 saturated heterocycles. The number of benzene rings is 1. The number of carboxylic acids is 1. The average Bonchev–Trinajstić information content (AvgIpc) is 2.82. The van der Waals surface area contributed by atoms with Crippen LogP contribution in [0.5, 0.6) is 0 Å². The lowest BCUT2D eigenvalue weighted by molar-refractivity contribution is -0.133. The number of hydrogen-bond acceptors (Lipinski definition) is 3. The molecule has 4 nitrogen and oxygen atoms in total. The summed E-state index contributed by atoms with van der Waals surface area (Å²) in [6.45, 7) is 6.23. The van der Waals surface area contributed by atoms with E-state index in [0.29, 0.717) is 16.2 Å². The maximum absolute atomic E-state index is 13.6. The van der Waals surface area contributed by atoms with E-state index in [2.05, 4.69) is 25.8 Å². The Morgan fingerprint density at radius 1 is 1.43 bits per heavy atom. The van der Waals surface area contributed by atoms with Gasteiger partial charge in [0.1, 0.15) is 5.82 Å². The number of halogens is 1. The Labute approximate surface area is 127 Å². The number of nitrogens with zero attached hydrogens (tertiary/aromatic N) is 2. The van der Waals surface area contributed by atoms with E-state index < -0.39 is 5.97 Å². The van der Waals surface area contributed by atoms with Gasteiger partial charge >= 0.3 is 5.97 Å². The normalized spacial score (nSPS) is 12.0. The Morgan fingerprint density at radius 3 is 2.67 bits per heavy atom. The first-order valence-corrected chi connectivity index (χ1v) is 7.93. The van der Waals surface area contributed by atoms with Crippen LogP contribution in [0, 0.1) is 5.82 Å². The van der Waals surface area contributed by atoms with Crippen molar-refractivity contribution < 1.29 is 14.3 Å². The Morgan fingerprint density at radius 2 is 2.10 bits per heavy atom. The molecule has 0 aliphatic rings. The molecule has 21 heavy (non-hydrogen) atoms. The van der Waals surface area contributed by atoms with Crippen molar-refractivity contribution in [2.75, 3.05) is 5.75 Å². The Balaban J connectivity index is 2.63. The zero-order valence-electron chi connectivity index (χ0n) is 12.4. The van der Waals surface area contributed by atoms with Crippen LogP contribution >= 0.6 is 11.8 Å². The maximum atomic E-state index is 13.6. The minimum atomic E-state index is -0.889. The summed E-state index contributed by atoms with van der Waals surface area (Å²) in [5.74, 6) is -1.26. The highest BCUT2D eigenvalue weighted by molar-refractivity contribution is 7.99. The van der Waals surface area contributed by atoms with Crippen LogP contribution in [0.15, 0.2) is 23.4 Å². The molecule has 0 bridgehead atoms. The van der Waals surface area contributed by atoms with Crippen molar-refractivity contribution in [1.29, 1.82) is 0 Å². The SMILES string of the molecule is CCC(C)(CC)n1c(SCC(=O)O)nc2ccc(F)cc21. The van der Waals surface area contributed by atoms with Crippen LogP contribution in [0.25, 0.3) is 11.0 Å². The highest BCUT2D eigenvalue weighted by Crippen LogP contribution is 2.35. The van der Waals surface area contributed by atoms with E-state index in [0.717, 1.165) is 12.8 Å². The lowest BCUT2D eigenvalue weighted by atomic mass is 9.95. The Bertz CT molecular complexity index is 665. The molecule has 1 aromatic carbocycles. The van der Waals surface area contributed by atoms with Crippen LogP contribution in [0.1, 0.15) is 33.6 Å². The zero-order valence-corrected chi connectivity index (χ0v) is 13.2. The van der Waals surface area contributed by atoms with Crippen LogP contribution in [0.3, 0.4) is 0 Å². The number of thioether (sulfide) groups is 1. The summed E-state index contributed by atoms with van der Waals surface area (Å²) in [6, 6.07) is 4.48. The number of aromatic nitrogens is 2. The maximum Gasteiger partial charge on any atom is 0.313 e. The van der Waals surface area contributed by atoms with Gasteiger partial charge in [-0.1, -0.05) is 25.6 Å². The highest BCUT2D eigenvalue weighted by Gasteiger charge is 2.28. The van der Waals surface area contributed by atoms with Gasteiger partial charge in [-0.15, -0.1) is 0 Å². The Kier molecular flexibility index (Phi) is 4.56. The van der Waals surface area contributed by atoms with E-state index in [-0.39, 0.29) is 17.1 Å². The molecule has 0 atom stereocenters. The van der Waals surface area contributed by atoms with Crippen LogP contribution in [0.4, 0.5) is 4.39 Å². The van der Waals surface area contributed by atoms with Gasteiger partial charge < -0.3 is 9.67 Å². The van der Waals surface area contributed by atoms with Crippen LogP contribution in [0.2, 0.25) is 0 Å². The van der Waals surface area contributed by atoms with Gasteiger partial charge in [0.25, 0.3) is 0 Å². The summed E-state index contributed by atoms with van der Waals surface area (Å²) >= 11 is 1.17. The Hall–Kier alpha value is -1.56. The molecule has 0 radical (unpaired) electrons. The smallest absolute Gasteiger partial charge is 0.313 e. The number of fused-ring (bicyclic) bond motifs is 1. The minimum Gasteiger partial charge on any atom is -0.481 e. The van der Waals surface area contributed by atoms with Gasteiger partial charge in [0, 0.05) is 5.54 Å². The second-order valence-electron chi connectivity index (χ2n) is 5.25. The molecule has 0 amide bonds. The van der Waals surface area contributed by atoms with E-state index in [1.165, 1.54) is 23.9 Å². The molecule has 1 heterocycles. The van der Waals surface area contributed by atoms with Gasteiger partial charge in [0.15, 0.2) is 5.16 Å². The van der Waals surface area contributed by atoms with Crippen molar-refractivity contribution in [1.82, 2.24) is 9.55 Å². The summed E-state index contributed by atoms with van der Waals surface area (Å²) in [6.07, 6.45) is 1.71. The molecule has 0 spiro atoms. The van der Waals surface area contributed by atoms with Gasteiger partial charge in [-0.2, -0.15) is 0 Å². The molecule has 0 aliphatic heterocycles. The van der Waals surface area contributed by atoms with E-state index in [4.69, 9.17) is 5.11 Å². The van der Waals surface area contributed by atoms with Gasteiger partial charge in [0.05, 0.1) is 16.8 Å². The highest BCUT2D eigenvalue weighted by atomic mass is 32.2. The molecule has 2 aromatic rings. The van der Waals surface area contributed by atoms with E-state index in [1.54, 1.807) is 6.07 Å². The third-order valence-electron chi connectivity index (χ3n) is 3.97. The fourth-order valence-electron chi connectivity index (χ4n) is 2.34. The van der Waals surface area contributed by atoms with Crippen LogP contribution in [-0.4, -0.2) is 26.4 Å². The molecule has 1 N–H and O–H groups in total. The first-order valence-electron chi connectivity index (χ1n) is 6.94. The summed E-state index contributed by atoms with van der Waals surface area (Å²) < 4.78 is 15.6. The summed E-state index contributed by atoms with van der Waals surface area (Å²) in [5, 5.41) is 9.51. The molecule has 1 aromatic heterocycles. The van der Waals surface area contributed by atoms with Gasteiger partial charge in [-0.3, -0.25) is 4.79 Å². The van der Waals surface area contributed by atoms with Crippen molar-refractivity contribution >= 4 is 28.8 Å². The van der Waals surface area contributed by atoms with Gasteiger partial charge in [0.2, 0.25) is 0 Å². The molecule has 0 aliphatic carbocycles. The predicted molar refractivity (Wildman–Crippen MR) is 82.3 cm³/mol. The molecule has 6 heteroatoms. The van der Waals surface area contributed by atoms with Crippen molar-refractivity contribution in [2.45, 2.75) is 44.3 Å². The number of imidazole rings is 1. The summed E-state index contributed by atoms with van der Waals surface area (Å²) in [7, 11) is 0. The third-order valence-corrected chi connectivity index (χ3v) is 4.90. The number of aliphatic carboxylic acids is 1. The van der Waals surface area contributed by atoms with Gasteiger partial charge in [-0.05, 0) is 38.0 Å². The topological polar surface area (TPSA) is 55.1 Å². The first-order chi connectivity index (χ1) is 9.91. The molecule has 0 unspecified atom stereocenters. The fraction of sp³-hybridized carbons (Fsp3) is 0.467. The van der Waals surface area contributed by atoms with Gasteiger partial charge in [-0.25, -0.2) is 9.37 Å². The zero-order chi connectivity index (χ0) is 15.6. The minimum absolute atomic E-state index is 0.0602. The molecule has 2 rings (SSSR count). The molecule has 0 fully saturated rings.